The maximum absolute atomic E-state index is 12.7. The highest BCUT2D eigenvalue weighted by Crippen LogP contribution is 2.35. The molecule has 0 bridgehead atoms. The Bertz CT molecular complexity index is 738. The zero-order chi connectivity index (χ0) is 16.5. The van der Waals surface area contributed by atoms with Crippen molar-refractivity contribution >= 4 is 35.3 Å². The van der Waals surface area contributed by atoms with Gasteiger partial charge < -0.3 is 10.3 Å². The van der Waals surface area contributed by atoms with E-state index >= 15 is 0 Å². The number of carbonyl (C=O) groups excluding carboxylic acids is 1. The van der Waals surface area contributed by atoms with Crippen LogP contribution in [0.15, 0.2) is 24.3 Å². The molecule has 2 aliphatic rings. The summed E-state index contributed by atoms with van der Waals surface area (Å²) in [5, 5.41) is 3.12. The summed E-state index contributed by atoms with van der Waals surface area (Å²) in [6, 6.07) is 8.77. The Labute approximate surface area is 154 Å². The van der Waals surface area contributed by atoms with Crippen LogP contribution in [0.25, 0.3) is 11.0 Å². The number of nitrogens with two attached hydrogens (primary N) is 1. The Morgan fingerprint density at radius 3 is 2.64 bits per heavy atom. The molecule has 4 rings (SSSR count). The SMILES string of the molecule is Cl.NC1CCCC(C(=O)Nc2nc3ccccc3n2C2CCCC2)C1. The van der Waals surface area contributed by atoms with Crippen LogP contribution in [-0.4, -0.2) is 21.5 Å². The summed E-state index contributed by atoms with van der Waals surface area (Å²) in [7, 11) is 0. The molecule has 2 fully saturated rings. The molecular weight excluding hydrogens is 336 g/mol. The highest BCUT2D eigenvalue weighted by Gasteiger charge is 2.28. The summed E-state index contributed by atoms with van der Waals surface area (Å²) in [6.45, 7) is 0. The van der Waals surface area contributed by atoms with Crippen LogP contribution in [0.1, 0.15) is 57.4 Å². The fourth-order valence-corrected chi connectivity index (χ4v) is 4.34. The molecule has 0 radical (unpaired) electrons. The lowest BCUT2D eigenvalue weighted by Crippen LogP contribution is -2.34. The molecule has 3 N–H and O–H groups in total. The van der Waals surface area contributed by atoms with E-state index in [1.165, 1.54) is 12.8 Å². The van der Waals surface area contributed by atoms with Crippen LogP contribution < -0.4 is 11.1 Å². The topological polar surface area (TPSA) is 72.9 Å². The third-order valence-electron chi connectivity index (χ3n) is 5.61. The number of carbonyl (C=O) groups is 1. The van der Waals surface area contributed by atoms with Gasteiger partial charge in [-0.2, -0.15) is 0 Å². The predicted molar refractivity (Wildman–Crippen MR) is 103 cm³/mol. The van der Waals surface area contributed by atoms with E-state index < -0.39 is 0 Å². The molecule has 2 saturated carbocycles. The first-order valence-corrected chi connectivity index (χ1v) is 9.26. The van der Waals surface area contributed by atoms with Gasteiger partial charge in [0.1, 0.15) is 0 Å². The third-order valence-corrected chi connectivity index (χ3v) is 5.61. The molecule has 136 valence electrons. The highest BCUT2D eigenvalue weighted by atomic mass is 35.5. The van der Waals surface area contributed by atoms with Crippen molar-refractivity contribution in [2.75, 3.05) is 5.32 Å². The summed E-state index contributed by atoms with van der Waals surface area (Å²) in [5.41, 5.74) is 8.13. The minimum Gasteiger partial charge on any atom is -0.328 e. The van der Waals surface area contributed by atoms with Crippen molar-refractivity contribution in [3.05, 3.63) is 24.3 Å². The number of imidazole rings is 1. The van der Waals surface area contributed by atoms with Crippen molar-refractivity contribution in [1.82, 2.24) is 9.55 Å². The van der Waals surface area contributed by atoms with Crippen molar-refractivity contribution in [2.45, 2.75) is 63.5 Å². The molecule has 1 amide bonds. The van der Waals surface area contributed by atoms with Crippen molar-refractivity contribution in [3.63, 3.8) is 0 Å². The number of benzene rings is 1. The number of rotatable bonds is 3. The van der Waals surface area contributed by atoms with Gasteiger partial charge in [0.15, 0.2) is 0 Å². The van der Waals surface area contributed by atoms with Gasteiger partial charge in [-0.05, 0) is 44.2 Å². The summed E-state index contributed by atoms with van der Waals surface area (Å²) in [4.78, 5) is 17.4. The molecular formula is C19H27ClN4O. The Morgan fingerprint density at radius 1 is 1.12 bits per heavy atom. The van der Waals surface area contributed by atoms with Crippen molar-refractivity contribution in [1.29, 1.82) is 0 Å². The van der Waals surface area contributed by atoms with Crippen LogP contribution >= 0.6 is 12.4 Å². The molecule has 0 aliphatic heterocycles. The highest BCUT2D eigenvalue weighted by molar-refractivity contribution is 5.93. The van der Waals surface area contributed by atoms with Crippen LogP contribution in [0.3, 0.4) is 0 Å². The van der Waals surface area contributed by atoms with E-state index in [1.807, 2.05) is 18.2 Å². The minimum absolute atomic E-state index is 0. The van der Waals surface area contributed by atoms with E-state index in [4.69, 9.17) is 10.7 Å². The number of amides is 1. The van der Waals surface area contributed by atoms with E-state index in [1.54, 1.807) is 0 Å². The van der Waals surface area contributed by atoms with Gasteiger partial charge >= 0.3 is 0 Å². The van der Waals surface area contributed by atoms with Crippen molar-refractivity contribution in [2.24, 2.45) is 11.7 Å². The van der Waals surface area contributed by atoms with E-state index in [-0.39, 0.29) is 30.3 Å². The second-order valence-electron chi connectivity index (χ2n) is 7.35. The second kappa shape index (κ2) is 7.75. The molecule has 2 aliphatic carbocycles. The van der Waals surface area contributed by atoms with Gasteiger partial charge in [-0.15, -0.1) is 12.4 Å². The maximum Gasteiger partial charge on any atom is 0.229 e. The predicted octanol–water partition coefficient (Wildman–Crippen LogP) is 4.03. The van der Waals surface area contributed by atoms with Gasteiger partial charge in [0.25, 0.3) is 0 Å². The number of nitrogens with zero attached hydrogens (tertiary/aromatic N) is 2. The quantitative estimate of drug-likeness (QED) is 0.865. The van der Waals surface area contributed by atoms with E-state index in [9.17, 15) is 4.79 Å². The lowest BCUT2D eigenvalue weighted by atomic mass is 9.85. The number of aromatic nitrogens is 2. The molecule has 1 aromatic heterocycles. The number of anilines is 1. The second-order valence-corrected chi connectivity index (χ2v) is 7.35. The first-order valence-electron chi connectivity index (χ1n) is 9.26. The fourth-order valence-electron chi connectivity index (χ4n) is 4.34. The van der Waals surface area contributed by atoms with Gasteiger partial charge in [0, 0.05) is 18.0 Å². The van der Waals surface area contributed by atoms with Crippen molar-refractivity contribution < 1.29 is 4.79 Å². The fraction of sp³-hybridized carbons (Fsp3) is 0.579. The monoisotopic (exact) mass is 362 g/mol. The Balaban J connectivity index is 0.00000182. The van der Waals surface area contributed by atoms with Crippen LogP contribution in [-0.2, 0) is 4.79 Å². The summed E-state index contributed by atoms with van der Waals surface area (Å²) < 4.78 is 2.25. The number of fused-ring (bicyclic) bond motifs is 1. The Kier molecular flexibility index (Phi) is 5.64. The van der Waals surface area contributed by atoms with Gasteiger partial charge in [-0.3, -0.25) is 10.1 Å². The summed E-state index contributed by atoms with van der Waals surface area (Å²) >= 11 is 0. The standard InChI is InChI=1S/C19H26N4O.ClH/c20-14-7-5-6-13(12-14)18(24)22-19-21-16-10-3-4-11-17(16)23(19)15-8-1-2-9-15;/h3-4,10-11,13-15H,1-2,5-9,12,20H2,(H,21,22,24);1H. The number of nitrogens with one attached hydrogen (secondary N) is 1. The molecule has 6 heteroatoms. The van der Waals surface area contributed by atoms with Crippen LogP contribution in [0, 0.1) is 5.92 Å². The molecule has 2 unspecified atom stereocenters. The normalized spacial score (nSPS) is 24.2. The van der Waals surface area contributed by atoms with Crippen LogP contribution in [0.2, 0.25) is 0 Å². The number of hydrogen-bond acceptors (Lipinski definition) is 3. The van der Waals surface area contributed by atoms with Crippen molar-refractivity contribution in [3.8, 4) is 0 Å². The molecule has 0 saturated heterocycles. The summed E-state index contributed by atoms with van der Waals surface area (Å²) in [6.07, 6.45) is 8.63. The maximum atomic E-state index is 12.7. The first-order chi connectivity index (χ1) is 11.7. The molecule has 2 aromatic rings. The Hall–Kier alpha value is -1.59. The molecule has 1 aromatic carbocycles. The number of hydrogen-bond donors (Lipinski definition) is 2. The van der Waals surface area contributed by atoms with Crippen LogP contribution in [0.4, 0.5) is 5.95 Å². The van der Waals surface area contributed by atoms with Crippen LogP contribution in [0.5, 0.6) is 0 Å². The van der Waals surface area contributed by atoms with E-state index in [0.717, 1.165) is 49.6 Å². The molecule has 1 heterocycles. The average Bonchev–Trinajstić information content (AvgIpc) is 3.21. The smallest absolute Gasteiger partial charge is 0.229 e. The first kappa shape index (κ1) is 18.2. The molecule has 5 nitrogen and oxygen atoms in total. The molecule has 25 heavy (non-hydrogen) atoms. The average molecular weight is 363 g/mol. The summed E-state index contributed by atoms with van der Waals surface area (Å²) in [5.74, 6) is 0.817. The van der Waals surface area contributed by atoms with Gasteiger partial charge in [-0.25, -0.2) is 4.98 Å². The van der Waals surface area contributed by atoms with Gasteiger partial charge in [0.05, 0.1) is 11.0 Å². The lowest BCUT2D eigenvalue weighted by Gasteiger charge is -2.26. The van der Waals surface area contributed by atoms with E-state index in [0.29, 0.717) is 12.0 Å². The third kappa shape index (κ3) is 3.67. The Morgan fingerprint density at radius 2 is 1.88 bits per heavy atom. The zero-order valence-corrected chi connectivity index (χ0v) is 15.3. The molecule has 0 spiro atoms. The number of para-hydroxylation sites is 2. The van der Waals surface area contributed by atoms with Gasteiger partial charge in [-0.1, -0.05) is 31.4 Å². The minimum atomic E-state index is 0. The largest absolute Gasteiger partial charge is 0.328 e. The van der Waals surface area contributed by atoms with Gasteiger partial charge in [0.2, 0.25) is 11.9 Å². The lowest BCUT2D eigenvalue weighted by molar-refractivity contribution is -0.121. The zero-order valence-electron chi connectivity index (χ0n) is 14.5. The number of halogens is 1. The molecule has 2 atom stereocenters. The van der Waals surface area contributed by atoms with E-state index in [2.05, 4.69) is 16.0 Å².